The molecule has 0 radical (unpaired) electrons. The second kappa shape index (κ2) is 6.32. The largest absolute Gasteiger partial charge is 0.366 e. The molecule has 25 heavy (non-hydrogen) atoms. The van der Waals surface area contributed by atoms with Crippen LogP contribution >= 0.6 is 0 Å². The number of aromatic amines is 1. The second-order valence-electron chi connectivity index (χ2n) is 6.13. The first-order valence-electron chi connectivity index (χ1n) is 8.14. The molecule has 0 bridgehead atoms. The Morgan fingerprint density at radius 3 is 2.80 bits per heavy atom. The number of fused-ring (bicyclic) bond motifs is 1. The van der Waals surface area contributed by atoms with Gasteiger partial charge in [0.25, 0.3) is 0 Å². The van der Waals surface area contributed by atoms with Gasteiger partial charge in [0.15, 0.2) is 0 Å². The van der Waals surface area contributed by atoms with Crippen molar-refractivity contribution in [3.8, 4) is 11.4 Å². The predicted octanol–water partition coefficient (Wildman–Crippen LogP) is 3.64. The lowest BCUT2D eigenvalue weighted by atomic mass is 10.1. The summed E-state index contributed by atoms with van der Waals surface area (Å²) in [6, 6.07) is 16.5. The number of hydrogen-bond donors (Lipinski definition) is 2. The minimum absolute atomic E-state index is 0.594. The van der Waals surface area contributed by atoms with Crippen LogP contribution in [-0.2, 0) is 6.54 Å². The highest BCUT2D eigenvalue weighted by Gasteiger charge is 2.06. The summed E-state index contributed by atoms with van der Waals surface area (Å²) in [6.45, 7) is 4.89. The maximum Gasteiger partial charge on any atom is 0.204 e. The Balaban J connectivity index is 1.56. The zero-order valence-electron chi connectivity index (χ0n) is 14.1. The first-order chi connectivity index (χ1) is 12.2. The molecule has 0 amide bonds. The van der Waals surface area contributed by atoms with Crippen LogP contribution in [0.2, 0.25) is 0 Å². The fourth-order valence-corrected chi connectivity index (χ4v) is 2.90. The van der Waals surface area contributed by atoms with Gasteiger partial charge in [0.1, 0.15) is 5.82 Å². The highest BCUT2D eigenvalue weighted by molar-refractivity contribution is 5.84. The van der Waals surface area contributed by atoms with Crippen LogP contribution in [-0.4, -0.2) is 25.6 Å². The van der Waals surface area contributed by atoms with E-state index < -0.39 is 0 Å². The average molecular weight is 330 g/mol. The van der Waals surface area contributed by atoms with Gasteiger partial charge >= 0.3 is 0 Å². The molecule has 0 aliphatic carbocycles. The number of aromatic nitrogens is 5. The molecule has 6 nitrogen and oxygen atoms in total. The molecule has 0 saturated heterocycles. The molecule has 2 aromatic carbocycles. The molecule has 4 aromatic rings. The van der Waals surface area contributed by atoms with Gasteiger partial charge in [-0.25, -0.2) is 4.98 Å². The number of benzene rings is 2. The number of hydrogen-bond acceptors (Lipinski definition) is 5. The van der Waals surface area contributed by atoms with E-state index in [1.807, 2.05) is 12.1 Å². The van der Waals surface area contributed by atoms with Crippen molar-refractivity contribution in [3.63, 3.8) is 0 Å². The van der Waals surface area contributed by atoms with Crippen LogP contribution in [0.5, 0.6) is 0 Å². The Morgan fingerprint density at radius 2 is 1.96 bits per heavy atom. The van der Waals surface area contributed by atoms with Crippen molar-refractivity contribution in [1.82, 2.24) is 25.6 Å². The summed E-state index contributed by atoms with van der Waals surface area (Å²) < 4.78 is 0. The lowest BCUT2D eigenvalue weighted by molar-refractivity contribution is 0.881. The molecule has 0 spiro atoms. The third-order valence-electron chi connectivity index (χ3n) is 4.18. The normalized spacial score (nSPS) is 11.0. The highest BCUT2D eigenvalue weighted by atomic mass is 15.5. The van der Waals surface area contributed by atoms with Crippen molar-refractivity contribution in [2.45, 2.75) is 20.4 Å². The minimum Gasteiger partial charge on any atom is -0.366 e. The van der Waals surface area contributed by atoms with Crippen molar-refractivity contribution in [2.24, 2.45) is 0 Å². The van der Waals surface area contributed by atoms with Crippen molar-refractivity contribution in [2.75, 3.05) is 5.32 Å². The minimum atomic E-state index is 0.594. The Hall–Kier alpha value is -3.28. The fourth-order valence-electron chi connectivity index (χ4n) is 2.90. The lowest BCUT2D eigenvalue weighted by Crippen LogP contribution is -2.02. The van der Waals surface area contributed by atoms with Gasteiger partial charge in [-0.3, -0.25) is 0 Å². The van der Waals surface area contributed by atoms with Gasteiger partial charge in [0, 0.05) is 17.5 Å². The number of anilines is 1. The summed E-state index contributed by atoms with van der Waals surface area (Å²) in [4.78, 5) is 4.71. The van der Waals surface area contributed by atoms with Gasteiger partial charge in [-0.15, -0.1) is 10.2 Å². The molecule has 2 aromatic heterocycles. The van der Waals surface area contributed by atoms with E-state index in [0.29, 0.717) is 12.4 Å². The predicted molar refractivity (Wildman–Crippen MR) is 98.2 cm³/mol. The standard InChI is InChI=1S/C19H18N6/c1-12-6-7-17-16(8-12)13(2)9-18(21-17)20-11-14-4-3-5-15(10-14)19-22-24-25-23-19/h3-10H,11H2,1-2H3,(H,20,21)(H,22,23,24,25). The van der Waals surface area contributed by atoms with E-state index >= 15 is 0 Å². The van der Waals surface area contributed by atoms with E-state index in [1.54, 1.807) is 0 Å². The van der Waals surface area contributed by atoms with E-state index in [1.165, 1.54) is 16.5 Å². The van der Waals surface area contributed by atoms with Crippen LogP contribution in [0.1, 0.15) is 16.7 Å². The van der Waals surface area contributed by atoms with E-state index in [2.05, 4.69) is 76.2 Å². The number of tetrazole rings is 1. The number of aryl methyl sites for hydroxylation is 2. The topological polar surface area (TPSA) is 79.4 Å². The molecule has 2 N–H and O–H groups in total. The average Bonchev–Trinajstić information content (AvgIpc) is 3.16. The summed E-state index contributed by atoms with van der Waals surface area (Å²) in [5, 5.41) is 18.7. The fraction of sp³-hybridized carbons (Fsp3) is 0.158. The molecular formula is C19H18N6. The summed E-state index contributed by atoms with van der Waals surface area (Å²) in [6.07, 6.45) is 0. The number of H-pyrrole nitrogens is 1. The monoisotopic (exact) mass is 330 g/mol. The Labute approximate surface area is 145 Å². The quantitative estimate of drug-likeness (QED) is 0.597. The second-order valence-corrected chi connectivity index (χ2v) is 6.13. The molecule has 0 atom stereocenters. The maximum atomic E-state index is 4.71. The van der Waals surface area contributed by atoms with Gasteiger partial charge in [-0.05, 0) is 54.5 Å². The van der Waals surface area contributed by atoms with Gasteiger partial charge in [0.2, 0.25) is 5.82 Å². The summed E-state index contributed by atoms with van der Waals surface area (Å²) in [7, 11) is 0. The van der Waals surface area contributed by atoms with Crippen molar-refractivity contribution < 1.29 is 0 Å². The van der Waals surface area contributed by atoms with Crippen LogP contribution in [0, 0.1) is 13.8 Å². The highest BCUT2D eigenvalue weighted by Crippen LogP contribution is 2.22. The lowest BCUT2D eigenvalue weighted by Gasteiger charge is -2.10. The summed E-state index contributed by atoms with van der Waals surface area (Å²) in [5.74, 6) is 1.47. The van der Waals surface area contributed by atoms with Crippen LogP contribution in [0.25, 0.3) is 22.3 Å². The Bertz CT molecular complexity index is 1020. The van der Waals surface area contributed by atoms with E-state index in [9.17, 15) is 0 Å². The van der Waals surface area contributed by atoms with Crippen LogP contribution in [0.15, 0.2) is 48.5 Å². The number of pyridine rings is 1. The number of nitrogens with zero attached hydrogens (tertiary/aromatic N) is 4. The van der Waals surface area contributed by atoms with Gasteiger partial charge < -0.3 is 5.32 Å². The Kier molecular flexibility index (Phi) is 3.85. The van der Waals surface area contributed by atoms with Crippen molar-refractivity contribution in [3.05, 3.63) is 65.2 Å². The van der Waals surface area contributed by atoms with E-state index in [4.69, 9.17) is 4.98 Å². The Morgan fingerprint density at radius 1 is 1.04 bits per heavy atom. The van der Waals surface area contributed by atoms with Gasteiger partial charge in [-0.1, -0.05) is 29.8 Å². The van der Waals surface area contributed by atoms with Crippen molar-refractivity contribution >= 4 is 16.7 Å². The maximum absolute atomic E-state index is 4.71. The summed E-state index contributed by atoms with van der Waals surface area (Å²) in [5.41, 5.74) is 5.54. The molecule has 0 unspecified atom stereocenters. The smallest absolute Gasteiger partial charge is 0.204 e. The van der Waals surface area contributed by atoms with Crippen LogP contribution < -0.4 is 5.32 Å². The molecular weight excluding hydrogens is 312 g/mol. The van der Waals surface area contributed by atoms with Gasteiger partial charge in [0.05, 0.1) is 5.52 Å². The summed E-state index contributed by atoms with van der Waals surface area (Å²) >= 11 is 0. The van der Waals surface area contributed by atoms with Crippen molar-refractivity contribution in [1.29, 1.82) is 0 Å². The first-order valence-corrected chi connectivity index (χ1v) is 8.14. The third-order valence-corrected chi connectivity index (χ3v) is 4.18. The molecule has 0 fully saturated rings. The van der Waals surface area contributed by atoms with Crippen LogP contribution in [0.4, 0.5) is 5.82 Å². The molecule has 124 valence electrons. The molecule has 4 rings (SSSR count). The van der Waals surface area contributed by atoms with Crippen LogP contribution in [0.3, 0.4) is 0 Å². The molecule has 0 saturated carbocycles. The van der Waals surface area contributed by atoms with E-state index in [0.717, 1.165) is 22.5 Å². The molecule has 0 aliphatic rings. The van der Waals surface area contributed by atoms with E-state index in [-0.39, 0.29) is 0 Å². The zero-order valence-corrected chi connectivity index (χ0v) is 14.1. The first kappa shape index (κ1) is 15.3. The molecule has 0 aliphatic heterocycles. The SMILES string of the molecule is Cc1ccc2nc(NCc3cccc(-c4nn[nH]n4)c3)cc(C)c2c1. The molecule has 6 heteroatoms. The zero-order chi connectivity index (χ0) is 17.2. The number of rotatable bonds is 4. The molecule has 2 heterocycles. The third kappa shape index (κ3) is 3.19. The number of nitrogens with one attached hydrogen (secondary N) is 2. The van der Waals surface area contributed by atoms with Gasteiger partial charge in [-0.2, -0.15) is 5.21 Å².